The lowest BCUT2D eigenvalue weighted by Crippen LogP contribution is -2.50. The van der Waals surface area contributed by atoms with Crippen molar-refractivity contribution in [3.63, 3.8) is 0 Å². The van der Waals surface area contributed by atoms with Gasteiger partial charge in [0.1, 0.15) is 5.54 Å². The van der Waals surface area contributed by atoms with E-state index in [2.05, 4.69) is 12.2 Å². The first kappa shape index (κ1) is 26.3. The van der Waals surface area contributed by atoms with Gasteiger partial charge < -0.3 is 16.0 Å². The second-order valence-corrected chi connectivity index (χ2v) is 11.8. The number of hydrogen-bond acceptors (Lipinski definition) is 4. The molecule has 35 heavy (non-hydrogen) atoms. The Kier molecular flexibility index (Phi) is 9.34. The molecule has 4 aliphatic rings. The summed E-state index contributed by atoms with van der Waals surface area (Å²) in [7, 11) is 0. The highest BCUT2D eigenvalue weighted by molar-refractivity contribution is 6.06. The molecule has 1 saturated heterocycles. The highest BCUT2D eigenvalue weighted by atomic mass is 16.2. The molecule has 0 radical (unpaired) electrons. The van der Waals surface area contributed by atoms with Gasteiger partial charge in [-0.15, -0.1) is 0 Å². The van der Waals surface area contributed by atoms with E-state index < -0.39 is 5.54 Å². The van der Waals surface area contributed by atoms with Crippen LogP contribution >= 0.6 is 0 Å². The zero-order valence-corrected chi connectivity index (χ0v) is 22.1. The normalized spacial score (nSPS) is 24.6. The van der Waals surface area contributed by atoms with Crippen LogP contribution in [0.25, 0.3) is 0 Å². The van der Waals surface area contributed by atoms with Crippen LogP contribution in [0, 0.1) is 17.8 Å². The summed E-state index contributed by atoms with van der Waals surface area (Å²) in [5.41, 5.74) is 5.87. The van der Waals surface area contributed by atoms with E-state index in [1.165, 1.54) is 64.2 Å². The number of nitrogens with two attached hydrogens (primary N) is 1. The van der Waals surface area contributed by atoms with Gasteiger partial charge in [0, 0.05) is 26.2 Å². The van der Waals surface area contributed by atoms with Crippen LogP contribution in [0.5, 0.6) is 0 Å². The number of piperidine rings is 1. The van der Waals surface area contributed by atoms with E-state index >= 15 is 0 Å². The number of urea groups is 1. The molecule has 0 spiro atoms. The Morgan fingerprint density at radius 3 is 2.06 bits per heavy atom. The van der Waals surface area contributed by atoms with Crippen LogP contribution < -0.4 is 11.1 Å². The van der Waals surface area contributed by atoms with Crippen LogP contribution in [0.3, 0.4) is 0 Å². The summed E-state index contributed by atoms with van der Waals surface area (Å²) in [6.45, 7) is 5.02. The molecule has 0 atom stereocenters. The predicted molar refractivity (Wildman–Crippen MR) is 141 cm³/mol. The number of nitrogens with zero attached hydrogens (tertiary/aromatic N) is 3. The molecular formula is C28H49N5O2. The quantitative estimate of drug-likeness (QED) is 0.446. The molecule has 4 rings (SSSR count). The number of rotatable bonds is 9. The van der Waals surface area contributed by atoms with Gasteiger partial charge in [-0.1, -0.05) is 77.6 Å². The van der Waals surface area contributed by atoms with Crippen molar-refractivity contribution in [1.29, 1.82) is 0 Å². The average Bonchev–Trinajstić information content (AvgIpc) is 3.09. The molecule has 0 unspecified atom stereocenters. The molecule has 2 aliphatic carbocycles. The zero-order chi connectivity index (χ0) is 24.7. The first-order chi connectivity index (χ1) is 17.0. The van der Waals surface area contributed by atoms with E-state index in [0.29, 0.717) is 30.3 Å². The second kappa shape index (κ2) is 12.4. The monoisotopic (exact) mass is 487 g/mol. The number of guanidine groups is 1. The maximum atomic E-state index is 14.0. The first-order valence-electron chi connectivity index (χ1n) is 14.7. The van der Waals surface area contributed by atoms with Crippen LogP contribution in [0.4, 0.5) is 4.79 Å². The molecular weight excluding hydrogens is 438 g/mol. The zero-order valence-electron chi connectivity index (χ0n) is 22.1. The molecule has 0 aromatic carbocycles. The van der Waals surface area contributed by atoms with E-state index in [9.17, 15) is 9.59 Å². The predicted octanol–water partition coefficient (Wildman–Crippen LogP) is 5.04. The first-order valence-corrected chi connectivity index (χ1v) is 14.7. The van der Waals surface area contributed by atoms with Crippen molar-refractivity contribution < 1.29 is 9.59 Å². The summed E-state index contributed by atoms with van der Waals surface area (Å²) in [5, 5.41) is 3.03. The molecule has 3 N–H and O–H groups in total. The third-order valence-corrected chi connectivity index (χ3v) is 9.10. The molecule has 0 aromatic heterocycles. The topological polar surface area (TPSA) is 91.0 Å². The number of carbonyl (C=O) groups is 2. The molecule has 0 aromatic rings. The molecule has 7 heteroatoms. The van der Waals surface area contributed by atoms with Crippen molar-refractivity contribution in [3.05, 3.63) is 0 Å². The van der Waals surface area contributed by atoms with Crippen molar-refractivity contribution >= 4 is 17.9 Å². The number of carbonyl (C=O) groups excluding carboxylic acids is 2. The summed E-state index contributed by atoms with van der Waals surface area (Å²) in [6, 6.07) is 0.0502. The van der Waals surface area contributed by atoms with Crippen molar-refractivity contribution in [2.24, 2.45) is 28.5 Å². The number of aliphatic imine (C=N–C) groups is 1. The molecule has 3 fully saturated rings. The minimum atomic E-state index is -0.631. The Morgan fingerprint density at radius 1 is 0.943 bits per heavy atom. The molecule has 7 nitrogen and oxygen atoms in total. The number of hydrogen-bond donors (Lipinski definition) is 2. The number of amides is 3. The number of likely N-dealkylation sites (tertiary alicyclic amines) is 1. The van der Waals surface area contributed by atoms with E-state index in [0.717, 1.165) is 58.2 Å². The summed E-state index contributed by atoms with van der Waals surface area (Å²) in [5.74, 6) is 2.18. The maximum absolute atomic E-state index is 14.0. The smallest absolute Gasteiger partial charge is 0.317 e. The van der Waals surface area contributed by atoms with Gasteiger partial charge in [-0.3, -0.25) is 9.69 Å². The lowest BCUT2D eigenvalue weighted by molar-refractivity contribution is -0.133. The molecule has 3 amide bonds. The Balaban J connectivity index is 1.37. The van der Waals surface area contributed by atoms with E-state index in [1.807, 2.05) is 9.80 Å². The summed E-state index contributed by atoms with van der Waals surface area (Å²) >= 11 is 0. The Bertz CT molecular complexity index is 714. The number of nitrogens with one attached hydrogen (secondary N) is 1. The summed E-state index contributed by atoms with van der Waals surface area (Å²) < 4.78 is 0. The molecule has 198 valence electrons. The lowest BCUT2D eigenvalue weighted by Gasteiger charge is -2.36. The van der Waals surface area contributed by atoms with Crippen molar-refractivity contribution in [2.75, 3.05) is 26.2 Å². The fourth-order valence-corrected chi connectivity index (χ4v) is 7.01. The van der Waals surface area contributed by atoms with Crippen LogP contribution in [0.2, 0.25) is 0 Å². The van der Waals surface area contributed by atoms with Crippen molar-refractivity contribution in [3.8, 4) is 0 Å². The minimum absolute atomic E-state index is 0.0502. The Morgan fingerprint density at radius 2 is 1.51 bits per heavy atom. The van der Waals surface area contributed by atoms with Gasteiger partial charge in [0.05, 0.1) is 0 Å². The third-order valence-electron chi connectivity index (χ3n) is 9.10. The van der Waals surface area contributed by atoms with Crippen LogP contribution in [-0.2, 0) is 4.79 Å². The minimum Gasteiger partial charge on any atom is -0.369 e. The maximum Gasteiger partial charge on any atom is 0.317 e. The molecule has 0 bridgehead atoms. The van der Waals surface area contributed by atoms with Gasteiger partial charge in [0.2, 0.25) is 0 Å². The Labute approximate surface area is 212 Å². The molecule has 2 heterocycles. The fourth-order valence-electron chi connectivity index (χ4n) is 7.01. The number of unbranched alkanes of at least 4 members (excludes halogenated alkanes) is 1. The average molecular weight is 488 g/mol. The van der Waals surface area contributed by atoms with E-state index in [1.54, 1.807) is 0 Å². The van der Waals surface area contributed by atoms with Gasteiger partial charge >= 0.3 is 6.03 Å². The van der Waals surface area contributed by atoms with Crippen molar-refractivity contribution in [1.82, 2.24) is 15.1 Å². The highest BCUT2D eigenvalue weighted by Gasteiger charge is 2.50. The molecule has 2 saturated carbocycles. The highest BCUT2D eigenvalue weighted by Crippen LogP contribution is 2.42. The van der Waals surface area contributed by atoms with E-state index in [-0.39, 0.29) is 11.9 Å². The summed E-state index contributed by atoms with van der Waals surface area (Å²) in [6.07, 6.45) is 18.4. The summed E-state index contributed by atoms with van der Waals surface area (Å²) in [4.78, 5) is 35.2. The lowest BCUT2D eigenvalue weighted by atomic mass is 9.73. The SMILES string of the molecule is CCCCNC(=O)N1CCC(CN2C(=O)C(CC3CCCCC3)(CC3CCCCC3)N=C2N)CC1. The molecule has 2 aliphatic heterocycles. The largest absolute Gasteiger partial charge is 0.369 e. The van der Waals surface area contributed by atoms with Gasteiger partial charge in [-0.25, -0.2) is 9.79 Å². The Hall–Kier alpha value is -1.79. The fraction of sp³-hybridized carbons (Fsp3) is 0.893. The van der Waals surface area contributed by atoms with Gasteiger partial charge in [0.25, 0.3) is 5.91 Å². The van der Waals surface area contributed by atoms with Crippen LogP contribution in [0.15, 0.2) is 4.99 Å². The third kappa shape index (κ3) is 6.71. The van der Waals surface area contributed by atoms with Gasteiger partial charge in [-0.2, -0.15) is 0 Å². The van der Waals surface area contributed by atoms with Gasteiger partial charge in [-0.05, 0) is 49.9 Å². The van der Waals surface area contributed by atoms with Crippen LogP contribution in [0.1, 0.15) is 110 Å². The standard InChI is InChI=1S/C28H49N5O2/c1-2-3-16-30-27(35)32-17-14-24(15-18-32)21-33-25(34)28(31-26(33)29,19-22-10-6-4-7-11-22)20-23-12-8-5-9-13-23/h22-24H,2-21H2,1H3,(H2,29,31)(H,30,35). The van der Waals surface area contributed by atoms with Gasteiger partial charge in [0.15, 0.2) is 5.96 Å². The van der Waals surface area contributed by atoms with Crippen molar-refractivity contribution in [2.45, 2.75) is 115 Å². The van der Waals surface area contributed by atoms with E-state index in [4.69, 9.17) is 10.7 Å². The second-order valence-electron chi connectivity index (χ2n) is 11.8. The van der Waals surface area contributed by atoms with Crippen LogP contribution in [-0.4, -0.2) is 59.4 Å².